The molecule has 6 nitrogen and oxygen atoms in total. The number of nitrogens with zero attached hydrogens (tertiary/aromatic N) is 2. The summed E-state index contributed by atoms with van der Waals surface area (Å²) >= 11 is 0. The molecule has 29 heavy (non-hydrogen) atoms. The molecule has 2 N–H and O–H groups in total. The summed E-state index contributed by atoms with van der Waals surface area (Å²) in [5.41, 5.74) is 2.83. The van der Waals surface area contributed by atoms with Crippen molar-refractivity contribution in [2.24, 2.45) is 0 Å². The zero-order chi connectivity index (χ0) is 20.2. The molecule has 0 radical (unpaired) electrons. The van der Waals surface area contributed by atoms with Crippen LogP contribution in [0.25, 0.3) is 0 Å². The summed E-state index contributed by atoms with van der Waals surface area (Å²) in [6.45, 7) is 2.87. The summed E-state index contributed by atoms with van der Waals surface area (Å²) < 4.78 is 0. The zero-order valence-electron chi connectivity index (χ0n) is 16.5. The van der Waals surface area contributed by atoms with Gasteiger partial charge in [-0.3, -0.25) is 14.5 Å². The van der Waals surface area contributed by atoms with Crippen molar-refractivity contribution in [3.8, 4) is 5.75 Å². The molecule has 0 aromatic heterocycles. The van der Waals surface area contributed by atoms with Crippen LogP contribution in [0, 0.1) is 0 Å². The third kappa shape index (κ3) is 4.77. The topological polar surface area (TPSA) is 72.9 Å². The molecular formula is C23H27N3O3. The molecule has 0 saturated carbocycles. The Balaban J connectivity index is 1.28. The predicted octanol–water partition coefficient (Wildman–Crippen LogP) is 3.34. The summed E-state index contributed by atoms with van der Waals surface area (Å²) in [6.07, 6.45) is 3.49. The van der Waals surface area contributed by atoms with Crippen LogP contribution in [0.5, 0.6) is 5.75 Å². The molecule has 4 rings (SSSR count). The number of hydrogen-bond donors (Lipinski definition) is 2. The number of likely N-dealkylation sites (tertiary alicyclic amines) is 1. The fraction of sp³-hybridized carbons (Fsp3) is 0.391. The number of carbonyl (C=O) groups excluding carboxylic acids is 2. The van der Waals surface area contributed by atoms with E-state index in [0.29, 0.717) is 24.6 Å². The molecule has 2 amide bonds. The summed E-state index contributed by atoms with van der Waals surface area (Å²) in [5.74, 6) is 0.883. The largest absolute Gasteiger partial charge is 0.508 e. The molecular weight excluding hydrogens is 366 g/mol. The number of aromatic hydroxyl groups is 1. The van der Waals surface area contributed by atoms with Crippen molar-refractivity contribution in [2.45, 2.75) is 31.6 Å². The Kier molecular flexibility index (Phi) is 5.81. The molecule has 2 aromatic carbocycles. The van der Waals surface area contributed by atoms with Gasteiger partial charge in [-0.2, -0.15) is 0 Å². The molecule has 0 unspecified atom stereocenters. The number of amides is 2. The van der Waals surface area contributed by atoms with E-state index in [2.05, 4.69) is 10.2 Å². The smallest absolute Gasteiger partial charge is 0.238 e. The monoisotopic (exact) mass is 393 g/mol. The molecule has 0 spiro atoms. The maximum absolute atomic E-state index is 12.5. The number of nitrogens with one attached hydrogen (secondary N) is 1. The Hall–Kier alpha value is -2.86. The highest BCUT2D eigenvalue weighted by molar-refractivity contribution is 5.97. The summed E-state index contributed by atoms with van der Waals surface area (Å²) in [7, 11) is 0. The second-order valence-electron chi connectivity index (χ2n) is 7.89. The predicted molar refractivity (Wildman–Crippen MR) is 113 cm³/mol. The molecule has 0 aliphatic carbocycles. The van der Waals surface area contributed by atoms with Gasteiger partial charge in [0.2, 0.25) is 11.8 Å². The fourth-order valence-corrected chi connectivity index (χ4v) is 4.25. The molecule has 2 saturated heterocycles. The van der Waals surface area contributed by atoms with Crippen molar-refractivity contribution < 1.29 is 14.7 Å². The first-order valence-electron chi connectivity index (χ1n) is 10.3. The lowest BCUT2D eigenvalue weighted by Gasteiger charge is -2.31. The van der Waals surface area contributed by atoms with E-state index in [4.69, 9.17) is 0 Å². The first-order chi connectivity index (χ1) is 14.1. The van der Waals surface area contributed by atoms with Gasteiger partial charge in [0.1, 0.15) is 5.75 Å². The Morgan fingerprint density at radius 2 is 1.83 bits per heavy atom. The van der Waals surface area contributed by atoms with Crippen molar-refractivity contribution in [3.63, 3.8) is 0 Å². The van der Waals surface area contributed by atoms with E-state index >= 15 is 0 Å². The van der Waals surface area contributed by atoms with Crippen LogP contribution in [0.3, 0.4) is 0 Å². The average molecular weight is 393 g/mol. The van der Waals surface area contributed by atoms with Crippen molar-refractivity contribution >= 4 is 23.2 Å². The Labute approximate surface area is 171 Å². The fourth-order valence-electron chi connectivity index (χ4n) is 4.25. The Morgan fingerprint density at radius 3 is 2.52 bits per heavy atom. The molecule has 2 aliphatic rings. The zero-order valence-corrected chi connectivity index (χ0v) is 16.5. The van der Waals surface area contributed by atoms with E-state index in [-0.39, 0.29) is 11.8 Å². The van der Waals surface area contributed by atoms with Crippen LogP contribution < -0.4 is 10.2 Å². The number of carbonyl (C=O) groups is 2. The second-order valence-corrected chi connectivity index (χ2v) is 7.89. The van der Waals surface area contributed by atoms with Crippen LogP contribution in [0.2, 0.25) is 0 Å². The van der Waals surface area contributed by atoms with Crippen LogP contribution in [-0.4, -0.2) is 48.0 Å². The summed E-state index contributed by atoms with van der Waals surface area (Å²) in [4.78, 5) is 28.4. The van der Waals surface area contributed by atoms with E-state index in [1.165, 1.54) is 5.56 Å². The van der Waals surface area contributed by atoms with Crippen LogP contribution in [-0.2, 0) is 9.59 Å². The SMILES string of the molecule is O=C(CN1CCC(c2ccc(O)cc2)CC1)Nc1cccc(N2CCCC2=O)c1. The number of phenols is 1. The third-order valence-corrected chi connectivity index (χ3v) is 5.83. The molecule has 0 atom stereocenters. The maximum atomic E-state index is 12.5. The molecule has 2 aliphatic heterocycles. The minimum atomic E-state index is -0.0296. The number of piperidine rings is 1. The molecule has 6 heteroatoms. The first-order valence-corrected chi connectivity index (χ1v) is 10.3. The lowest BCUT2D eigenvalue weighted by molar-refractivity contribution is -0.118. The lowest BCUT2D eigenvalue weighted by Crippen LogP contribution is -2.38. The van der Waals surface area contributed by atoms with Crippen molar-refractivity contribution in [3.05, 3.63) is 54.1 Å². The normalized spacial score (nSPS) is 18.2. The third-order valence-electron chi connectivity index (χ3n) is 5.83. The highest BCUT2D eigenvalue weighted by atomic mass is 16.3. The number of rotatable bonds is 5. The Morgan fingerprint density at radius 1 is 1.07 bits per heavy atom. The van der Waals surface area contributed by atoms with E-state index in [0.717, 1.165) is 50.3 Å². The number of hydrogen-bond acceptors (Lipinski definition) is 4. The van der Waals surface area contributed by atoms with Gasteiger partial charge in [-0.25, -0.2) is 0 Å². The quantitative estimate of drug-likeness (QED) is 0.817. The first kappa shape index (κ1) is 19.5. The summed E-state index contributed by atoms with van der Waals surface area (Å²) in [5, 5.41) is 12.4. The molecule has 2 fully saturated rings. The second kappa shape index (κ2) is 8.66. The standard InChI is InChI=1S/C23H27N3O3/c27-21-8-6-17(7-9-21)18-10-13-25(14-11-18)16-22(28)24-19-3-1-4-20(15-19)26-12-2-5-23(26)29/h1,3-4,6-9,15,18,27H,2,5,10-14,16H2,(H,24,28). The van der Waals surface area contributed by atoms with Crippen LogP contribution in [0.1, 0.15) is 37.2 Å². The van der Waals surface area contributed by atoms with Gasteiger partial charge < -0.3 is 15.3 Å². The van der Waals surface area contributed by atoms with Gasteiger partial charge in [0.25, 0.3) is 0 Å². The van der Waals surface area contributed by atoms with Crippen LogP contribution >= 0.6 is 0 Å². The van der Waals surface area contributed by atoms with Gasteiger partial charge in [0.15, 0.2) is 0 Å². The highest BCUT2D eigenvalue weighted by Gasteiger charge is 2.23. The molecule has 0 bridgehead atoms. The van der Waals surface area contributed by atoms with E-state index in [1.54, 1.807) is 17.0 Å². The molecule has 152 valence electrons. The lowest BCUT2D eigenvalue weighted by atomic mass is 9.89. The van der Waals surface area contributed by atoms with Crippen molar-refractivity contribution in [1.29, 1.82) is 0 Å². The van der Waals surface area contributed by atoms with Crippen molar-refractivity contribution in [2.75, 3.05) is 36.4 Å². The minimum absolute atomic E-state index is 0.0296. The highest BCUT2D eigenvalue weighted by Crippen LogP contribution is 2.29. The number of phenolic OH excluding ortho intramolecular Hbond substituents is 1. The molecule has 2 heterocycles. The van der Waals surface area contributed by atoms with Gasteiger partial charge in [0.05, 0.1) is 6.54 Å². The number of benzene rings is 2. The molecule has 2 aromatic rings. The Bertz CT molecular complexity index is 873. The van der Waals surface area contributed by atoms with Gasteiger partial charge >= 0.3 is 0 Å². The van der Waals surface area contributed by atoms with Crippen LogP contribution in [0.4, 0.5) is 11.4 Å². The van der Waals surface area contributed by atoms with Gasteiger partial charge in [-0.15, -0.1) is 0 Å². The van der Waals surface area contributed by atoms with Crippen LogP contribution in [0.15, 0.2) is 48.5 Å². The van der Waals surface area contributed by atoms with Gasteiger partial charge in [-0.1, -0.05) is 18.2 Å². The van der Waals surface area contributed by atoms with E-state index in [9.17, 15) is 14.7 Å². The van der Waals surface area contributed by atoms with E-state index < -0.39 is 0 Å². The number of anilines is 2. The average Bonchev–Trinajstić information content (AvgIpc) is 3.15. The summed E-state index contributed by atoms with van der Waals surface area (Å²) in [6, 6.07) is 15.0. The maximum Gasteiger partial charge on any atom is 0.238 e. The van der Waals surface area contributed by atoms with Gasteiger partial charge in [0, 0.05) is 24.3 Å². The van der Waals surface area contributed by atoms with Crippen molar-refractivity contribution in [1.82, 2.24) is 4.90 Å². The van der Waals surface area contributed by atoms with E-state index in [1.807, 2.05) is 36.4 Å². The minimum Gasteiger partial charge on any atom is -0.508 e. The van der Waals surface area contributed by atoms with Gasteiger partial charge in [-0.05, 0) is 74.2 Å².